The number of carbonyl (C=O) groups is 1. The van der Waals surface area contributed by atoms with E-state index in [4.69, 9.17) is 4.74 Å². The molecule has 0 bridgehead atoms. The van der Waals surface area contributed by atoms with Gasteiger partial charge in [-0.3, -0.25) is 24.8 Å². The highest BCUT2D eigenvalue weighted by Gasteiger charge is 2.23. The molecule has 4 aromatic rings. The highest BCUT2D eigenvalue weighted by Crippen LogP contribution is 2.32. The summed E-state index contributed by atoms with van der Waals surface area (Å²) < 4.78 is 31.0. The second-order valence-electron chi connectivity index (χ2n) is 7.80. The number of amides is 1. The zero-order chi connectivity index (χ0) is 25.7. The van der Waals surface area contributed by atoms with Gasteiger partial charge in [0, 0.05) is 24.8 Å². The summed E-state index contributed by atoms with van der Waals surface area (Å²) in [5, 5.41) is 11.5. The predicted octanol–water partition coefficient (Wildman–Crippen LogP) is 4.40. The Balaban J connectivity index is 1.53. The molecule has 4 rings (SSSR count). The summed E-state index contributed by atoms with van der Waals surface area (Å²) in [6, 6.07) is 15.7. The van der Waals surface area contributed by atoms with E-state index in [0.717, 1.165) is 11.3 Å². The molecule has 0 spiro atoms. The lowest BCUT2D eigenvalue weighted by Gasteiger charge is -2.19. The molecule has 0 aliphatic carbocycles. The van der Waals surface area contributed by atoms with Gasteiger partial charge in [-0.1, -0.05) is 17.4 Å². The van der Waals surface area contributed by atoms with Crippen molar-refractivity contribution < 1.29 is 22.9 Å². The van der Waals surface area contributed by atoms with Crippen LogP contribution in [0.3, 0.4) is 0 Å². The number of hydrogen-bond acceptors (Lipinski definition) is 9. The second kappa shape index (κ2) is 10.8. The van der Waals surface area contributed by atoms with Crippen LogP contribution in [0.1, 0.15) is 18.5 Å². The molecule has 0 N–H and O–H groups in total. The number of nitro benzene ring substituents is 1. The minimum atomic E-state index is -3.58. The Hall–Kier alpha value is -3.90. The van der Waals surface area contributed by atoms with Crippen molar-refractivity contribution in [1.82, 2.24) is 9.97 Å². The number of benzene rings is 2. The van der Waals surface area contributed by atoms with E-state index in [0.29, 0.717) is 26.8 Å². The van der Waals surface area contributed by atoms with Gasteiger partial charge in [-0.05, 0) is 48.9 Å². The Morgan fingerprint density at radius 3 is 2.58 bits per heavy atom. The van der Waals surface area contributed by atoms with Gasteiger partial charge in [0.2, 0.25) is 5.91 Å². The molecular formula is C24H22N4O6S2. The number of pyridine rings is 1. The largest absolute Gasteiger partial charge is 0.497 e. The molecule has 186 valence electrons. The molecule has 0 radical (unpaired) electrons. The molecule has 0 atom stereocenters. The molecule has 10 nitrogen and oxygen atoms in total. The highest BCUT2D eigenvalue weighted by atomic mass is 32.2. The highest BCUT2D eigenvalue weighted by molar-refractivity contribution is 7.91. The van der Waals surface area contributed by atoms with Crippen LogP contribution in [0.2, 0.25) is 0 Å². The van der Waals surface area contributed by atoms with Crippen molar-refractivity contribution in [2.24, 2.45) is 0 Å². The molecule has 0 unspecified atom stereocenters. The number of hydrogen-bond donors (Lipinski definition) is 0. The third-order valence-electron chi connectivity index (χ3n) is 5.37. The zero-order valence-electron chi connectivity index (χ0n) is 19.2. The van der Waals surface area contributed by atoms with Crippen LogP contribution < -0.4 is 9.64 Å². The number of carbonyl (C=O) groups excluding carboxylic acids is 1. The zero-order valence-corrected chi connectivity index (χ0v) is 20.9. The fourth-order valence-corrected chi connectivity index (χ4v) is 5.82. The number of non-ortho nitro benzene ring substituents is 1. The maximum Gasteiger partial charge on any atom is 0.270 e. The molecule has 1 amide bonds. The topological polar surface area (TPSA) is 133 Å². The minimum Gasteiger partial charge on any atom is -0.497 e. The van der Waals surface area contributed by atoms with Crippen molar-refractivity contribution in [1.29, 1.82) is 0 Å². The first-order valence-electron chi connectivity index (χ1n) is 10.9. The molecule has 12 heteroatoms. The minimum absolute atomic E-state index is 0.0295. The Morgan fingerprint density at radius 2 is 1.92 bits per heavy atom. The third kappa shape index (κ3) is 5.83. The number of rotatable bonds is 10. The summed E-state index contributed by atoms with van der Waals surface area (Å²) in [6.45, 7) is 0.132. The van der Waals surface area contributed by atoms with E-state index < -0.39 is 14.8 Å². The smallest absolute Gasteiger partial charge is 0.270 e. The van der Waals surface area contributed by atoms with Crippen molar-refractivity contribution in [3.63, 3.8) is 0 Å². The maximum absolute atomic E-state index is 13.3. The van der Waals surface area contributed by atoms with E-state index in [1.54, 1.807) is 36.5 Å². The van der Waals surface area contributed by atoms with Gasteiger partial charge in [0.15, 0.2) is 15.0 Å². The van der Waals surface area contributed by atoms with Gasteiger partial charge < -0.3 is 4.74 Å². The Morgan fingerprint density at radius 1 is 1.14 bits per heavy atom. The first-order valence-corrected chi connectivity index (χ1v) is 13.4. The Labute approximate surface area is 211 Å². The van der Waals surface area contributed by atoms with Crippen LogP contribution in [0.4, 0.5) is 10.8 Å². The van der Waals surface area contributed by atoms with Gasteiger partial charge in [-0.2, -0.15) is 0 Å². The molecule has 2 aromatic carbocycles. The molecule has 0 saturated carbocycles. The van der Waals surface area contributed by atoms with E-state index in [2.05, 4.69) is 9.97 Å². The van der Waals surface area contributed by atoms with E-state index in [-0.39, 0.29) is 41.6 Å². The van der Waals surface area contributed by atoms with Gasteiger partial charge in [-0.25, -0.2) is 13.4 Å². The van der Waals surface area contributed by atoms with Crippen molar-refractivity contribution in [2.75, 3.05) is 17.8 Å². The van der Waals surface area contributed by atoms with Gasteiger partial charge in [0.25, 0.3) is 5.69 Å². The summed E-state index contributed by atoms with van der Waals surface area (Å²) in [5.74, 6) is 0.0312. The SMILES string of the molecule is COc1ccc(S(=O)(=O)CCCC(=O)N(Cc2ccccn2)c2nc3ccc([N+](=O)[O-])cc3s2)cc1. The van der Waals surface area contributed by atoms with E-state index in [1.807, 2.05) is 0 Å². The number of nitro groups is 1. The van der Waals surface area contributed by atoms with E-state index in [9.17, 15) is 23.3 Å². The molecular weight excluding hydrogens is 504 g/mol. The van der Waals surface area contributed by atoms with Crippen LogP contribution in [0.15, 0.2) is 71.8 Å². The maximum atomic E-state index is 13.3. The molecule has 0 fully saturated rings. The lowest BCUT2D eigenvalue weighted by atomic mass is 10.2. The fraction of sp³-hybridized carbons (Fsp3) is 0.208. The summed E-state index contributed by atoms with van der Waals surface area (Å²) >= 11 is 1.16. The first-order chi connectivity index (χ1) is 17.3. The number of nitrogens with zero attached hydrogens (tertiary/aromatic N) is 4. The lowest BCUT2D eigenvalue weighted by molar-refractivity contribution is -0.384. The number of fused-ring (bicyclic) bond motifs is 1. The number of anilines is 1. The van der Waals surface area contributed by atoms with Crippen LogP contribution >= 0.6 is 11.3 Å². The second-order valence-corrected chi connectivity index (χ2v) is 10.9. The quantitative estimate of drug-likeness (QED) is 0.219. The van der Waals surface area contributed by atoms with Crippen molar-refractivity contribution in [3.05, 3.63) is 82.7 Å². The number of aromatic nitrogens is 2. The Bertz CT molecular complexity index is 1490. The standard InChI is InChI=1S/C24H22N4O6S2/c1-34-19-8-10-20(11-9-19)36(32,33)14-4-6-23(29)27(16-17-5-2-3-13-25-17)24-26-21-12-7-18(28(30)31)15-22(21)35-24/h2-3,5,7-13,15H,4,6,14,16H2,1H3. The fourth-order valence-electron chi connectivity index (χ4n) is 3.50. The molecule has 0 saturated heterocycles. The predicted molar refractivity (Wildman–Crippen MR) is 136 cm³/mol. The summed E-state index contributed by atoms with van der Waals surface area (Å²) in [4.78, 5) is 34.3. The molecule has 2 aromatic heterocycles. The normalized spacial score (nSPS) is 11.4. The molecule has 36 heavy (non-hydrogen) atoms. The average molecular weight is 527 g/mol. The van der Waals surface area contributed by atoms with Gasteiger partial charge in [0.1, 0.15) is 5.75 Å². The first kappa shape index (κ1) is 25.2. The molecule has 0 aliphatic rings. The number of ether oxygens (including phenoxy) is 1. The molecule has 2 heterocycles. The van der Waals surface area contributed by atoms with Gasteiger partial charge in [-0.15, -0.1) is 0 Å². The van der Waals surface area contributed by atoms with E-state index in [1.165, 1.54) is 42.3 Å². The number of thiazole rings is 1. The lowest BCUT2D eigenvalue weighted by Crippen LogP contribution is -2.30. The average Bonchev–Trinajstić information content (AvgIpc) is 3.30. The third-order valence-corrected chi connectivity index (χ3v) is 8.23. The number of methoxy groups -OCH3 is 1. The van der Waals surface area contributed by atoms with Crippen molar-refractivity contribution >= 4 is 48.1 Å². The summed E-state index contributed by atoms with van der Waals surface area (Å²) in [6.07, 6.45) is 1.70. The number of sulfone groups is 1. The van der Waals surface area contributed by atoms with Crippen LogP contribution in [0, 0.1) is 10.1 Å². The van der Waals surface area contributed by atoms with Gasteiger partial charge >= 0.3 is 0 Å². The van der Waals surface area contributed by atoms with Crippen LogP contribution in [0.5, 0.6) is 5.75 Å². The van der Waals surface area contributed by atoms with Crippen LogP contribution in [-0.4, -0.2) is 42.1 Å². The van der Waals surface area contributed by atoms with Gasteiger partial charge in [0.05, 0.1) is 45.1 Å². The Kier molecular flexibility index (Phi) is 7.55. The summed E-state index contributed by atoms with van der Waals surface area (Å²) in [5.41, 5.74) is 1.09. The summed E-state index contributed by atoms with van der Waals surface area (Å²) in [7, 11) is -2.08. The molecule has 0 aliphatic heterocycles. The van der Waals surface area contributed by atoms with Crippen molar-refractivity contribution in [2.45, 2.75) is 24.3 Å². The van der Waals surface area contributed by atoms with Crippen LogP contribution in [-0.2, 0) is 21.2 Å². The monoisotopic (exact) mass is 526 g/mol. The van der Waals surface area contributed by atoms with E-state index >= 15 is 0 Å². The van der Waals surface area contributed by atoms with Crippen LogP contribution in [0.25, 0.3) is 10.2 Å². The van der Waals surface area contributed by atoms with Crippen molar-refractivity contribution in [3.8, 4) is 5.75 Å².